The normalized spacial score (nSPS) is 21.3. The molecular formula is C21H26N6O2. The van der Waals surface area contributed by atoms with E-state index in [4.69, 9.17) is 20.4 Å². The molecular weight excluding hydrogens is 368 g/mol. The Hall–Kier alpha value is -2.55. The monoisotopic (exact) mass is 394 g/mol. The van der Waals surface area contributed by atoms with Crippen molar-refractivity contribution in [3.63, 3.8) is 0 Å². The fourth-order valence-corrected chi connectivity index (χ4v) is 4.61. The van der Waals surface area contributed by atoms with Crippen LogP contribution in [0.5, 0.6) is 0 Å². The Balaban J connectivity index is 1.45. The van der Waals surface area contributed by atoms with Gasteiger partial charge < -0.3 is 20.5 Å². The van der Waals surface area contributed by atoms with Crippen LogP contribution >= 0.6 is 0 Å². The summed E-state index contributed by atoms with van der Waals surface area (Å²) in [7, 11) is 0. The van der Waals surface area contributed by atoms with Gasteiger partial charge >= 0.3 is 0 Å². The Morgan fingerprint density at radius 1 is 1.31 bits per heavy atom. The van der Waals surface area contributed by atoms with E-state index in [1.807, 2.05) is 25.1 Å². The minimum absolute atomic E-state index is 0.0811. The fraction of sp³-hybridized carbons (Fsp3) is 0.476. The van der Waals surface area contributed by atoms with Crippen molar-refractivity contribution in [2.75, 3.05) is 31.2 Å². The molecule has 8 nitrogen and oxygen atoms in total. The maximum absolute atomic E-state index is 10.0. The van der Waals surface area contributed by atoms with Gasteiger partial charge in [0.2, 0.25) is 0 Å². The second kappa shape index (κ2) is 7.05. The van der Waals surface area contributed by atoms with Crippen LogP contribution in [0.1, 0.15) is 24.2 Å². The van der Waals surface area contributed by atoms with Crippen molar-refractivity contribution in [1.29, 1.82) is 0 Å². The highest BCUT2D eigenvalue weighted by Gasteiger charge is 2.44. The molecule has 0 saturated carbocycles. The average molecular weight is 394 g/mol. The maximum atomic E-state index is 10.0. The summed E-state index contributed by atoms with van der Waals surface area (Å²) in [5.41, 5.74) is 10.5. The number of aromatic amines is 1. The summed E-state index contributed by atoms with van der Waals surface area (Å²) in [6.45, 7) is 4.91. The van der Waals surface area contributed by atoms with Crippen LogP contribution in [0.4, 0.5) is 5.82 Å². The number of aryl methyl sites for hydroxylation is 1. The van der Waals surface area contributed by atoms with Gasteiger partial charge in [-0.05, 0) is 25.8 Å². The first-order valence-corrected chi connectivity index (χ1v) is 10.1. The van der Waals surface area contributed by atoms with Crippen molar-refractivity contribution in [2.24, 2.45) is 11.1 Å². The first-order chi connectivity index (χ1) is 14.1. The zero-order chi connectivity index (χ0) is 20.0. The lowest BCUT2D eigenvalue weighted by Crippen LogP contribution is -2.49. The van der Waals surface area contributed by atoms with E-state index in [2.05, 4.69) is 15.1 Å². The Morgan fingerprint density at radius 3 is 2.86 bits per heavy atom. The van der Waals surface area contributed by atoms with Crippen molar-refractivity contribution in [3.05, 3.63) is 35.8 Å². The largest absolute Gasteiger partial charge is 0.390 e. The first kappa shape index (κ1) is 18.5. The summed E-state index contributed by atoms with van der Waals surface area (Å²) < 4.78 is 5.63. The molecule has 4 N–H and O–H groups in total. The number of nitrogens with two attached hydrogens (primary N) is 1. The number of hydrogen-bond donors (Lipinski definition) is 3. The molecule has 8 heteroatoms. The van der Waals surface area contributed by atoms with Crippen molar-refractivity contribution in [1.82, 2.24) is 20.2 Å². The molecule has 2 fully saturated rings. The van der Waals surface area contributed by atoms with Crippen LogP contribution in [-0.2, 0) is 11.3 Å². The molecule has 0 aliphatic carbocycles. The number of aromatic nitrogens is 4. The summed E-state index contributed by atoms with van der Waals surface area (Å²) in [5, 5.41) is 18.1. The molecule has 29 heavy (non-hydrogen) atoms. The quantitative estimate of drug-likeness (QED) is 0.620. The zero-order valence-electron chi connectivity index (χ0n) is 16.6. The van der Waals surface area contributed by atoms with Crippen LogP contribution in [-0.4, -0.2) is 57.6 Å². The smallest absolute Gasteiger partial charge is 0.153 e. The Labute approximate surface area is 169 Å². The van der Waals surface area contributed by atoms with Crippen LogP contribution in [0.15, 0.2) is 24.4 Å². The molecule has 5 rings (SSSR count). The molecule has 1 atom stereocenters. The van der Waals surface area contributed by atoms with Crippen LogP contribution < -0.4 is 10.6 Å². The van der Waals surface area contributed by atoms with Crippen LogP contribution in [0.2, 0.25) is 0 Å². The molecule has 2 saturated heterocycles. The summed E-state index contributed by atoms with van der Waals surface area (Å²) >= 11 is 0. The van der Waals surface area contributed by atoms with Gasteiger partial charge in [-0.1, -0.05) is 12.1 Å². The minimum atomic E-state index is -0.147. The fourth-order valence-electron chi connectivity index (χ4n) is 4.61. The highest BCUT2D eigenvalue weighted by molar-refractivity contribution is 5.83. The maximum Gasteiger partial charge on any atom is 0.153 e. The second-order valence-corrected chi connectivity index (χ2v) is 8.23. The molecule has 0 bridgehead atoms. The molecule has 2 aromatic heterocycles. The summed E-state index contributed by atoms with van der Waals surface area (Å²) in [6, 6.07) is 6.15. The van der Waals surface area contributed by atoms with Gasteiger partial charge in [-0.3, -0.25) is 5.10 Å². The third kappa shape index (κ3) is 3.08. The minimum Gasteiger partial charge on any atom is -0.390 e. The van der Waals surface area contributed by atoms with Crippen molar-refractivity contribution < 1.29 is 9.84 Å². The number of fused-ring (bicyclic) bond motifs is 1. The highest BCUT2D eigenvalue weighted by Crippen LogP contribution is 2.40. The topological polar surface area (TPSA) is 113 Å². The highest BCUT2D eigenvalue weighted by atomic mass is 16.5. The molecule has 3 aromatic rings. The number of aliphatic hydroxyl groups excluding tert-OH is 1. The molecule has 1 spiro atoms. The predicted molar refractivity (Wildman–Crippen MR) is 110 cm³/mol. The van der Waals surface area contributed by atoms with Gasteiger partial charge in [0.25, 0.3) is 0 Å². The van der Waals surface area contributed by atoms with Gasteiger partial charge in [0.1, 0.15) is 5.69 Å². The molecule has 0 amide bonds. The number of anilines is 1. The Kier molecular flexibility index (Phi) is 4.49. The van der Waals surface area contributed by atoms with Crippen molar-refractivity contribution in [3.8, 4) is 11.3 Å². The first-order valence-electron chi connectivity index (χ1n) is 10.1. The van der Waals surface area contributed by atoms with E-state index >= 15 is 0 Å². The summed E-state index contributed by atoms with van der Waals surface area (Å²) in [6.07, 6.45) is 3.74. The number of ether oxygens (including phenoxy) is 1. The van der Waals surface area contributed by atoms with Crippen LogP contribution in [0.25, 0.3) is 22.2 Å². The molecule has 0 unspecified atom stereocenters. The van der Waals surface area contributed by atoms with E-state index in [1.54, 1.807) is 6.20 Å². The third-order valence-corrected chi connectivity index (χ3v) is 6.52. The molecule has 4 heterocycles. The van der Waals surface area contributed by atoms with Gasteiger partial charge in [-0.2, -0.15) is 5.10 Å². The Morgan fingerprint density at radius 2 is 2.14 bits per heavy atom. The number of hydrogen-bond acceptors (Lipinski definition) is 7. The number of nitrogens with zero attached hydrogens (tertiary/aromatic N) is 4. The number of piperidine rings is 1. The van der Waals surface area contributed by atoms with Crippen molar-refractivity contribution in [2.45, 2.75) is 32.4 Å². The number of H-pyrrole nitrogens is 1. The van der Waals surface area contributed by atoms with Crippen LogP contribution in [0, 0.1) is 12.3 Å². The van der Waals surface area contributed by atoms with Gasteiger partial charge in [0, 0.05) is 35.5 Å². The number of benzene rings is 1. The number of rotatable bonds is 3. The van der Waals surface area contributed by atoms with E-state index in [-0.39, 0.29) is 18.1 Å². The lowest BCUT2D eigenvalue weighted by Gasteiger charge is -2.41. The Bertz CT molecular complexity index is 1040. The van der Waals surface area contributed by atoms with E-state index in [9.17, 15) is 5.11 Å². The molecule has 2 aliphatic heterocycles. The molecule has 1 aromatic carbocycles. The van der Waals surface area contributed by atoms with Gasteiger partial charge in [0.15, 0.2) is 5.82 Å². The van der Waals surface area contributed by atoms with Gasteiger partial charge in [-0.25, -0.2) is 9.97 Å². The van der Waals surface area contributed by atoms with Gasteiger partial charge in [-0.15, -0.1) is 0 Å². The second-order valence-electron chi connectivity index (χ2n) is 8.23. The standard InChI is InChI=1S/C21H26N6O2/c1-13-19(14-2-3-15-9-23-26-16(15)8-14)25-17(10-28)20(24-13)27-6-4-21(5-7-27)12-29-11-18(21)22/h2-3,8-9,18,28H,4-7,10-12,22H2,1H3,(H,23,26)/t18-/m1/s1. The van der Waals surface area contributed by atoms with E-state index < -0.39 is 0 Å². The number of nitrogens with one attached hydrogen (secondary N) is 1. The molecule has 0 radical (unpaired) electrons. The number of aliphatic hydroxyl groups is 1. The molecule has 152 valence electrons. The lowest BCUT2D eigenvalue weighted by atomic mass is 9.75. The van der Waals surface area contributed by atoms with Gasteiger partial charge in [0.05, 0.1) is 42.9 Å². The lowest BCUT2D eigenvalue weighted by molar-refractivity contribution is 0.131. The molecule has 2 aliphatic rings. The SMILES string of the molecule is Cc1nc(N2CCC3(CC2)COC[C@H]3N)c(CO)nc1-c1ccc2cn[nH]c2c1. The predicted octanol–water partition coefficient (Wildman–Crippen LogP) is 1.76. The zero-order valence-corrected chi connectivity index (χ0v) is 16.6. The van der Waals surface area contributed by atoms with E-state index in [0.29, 0.717) is 12.3 Å². The third-order valence-electron chi connectivity index (χ3n) is 6.52. The summed E-state index contributed by atoms with van der Waals surface area (Å²) in [5.74, 6) is 0.777. The van der Waals surface area contributed by atoms with E-state index in [0.717, 1.165) is 66.2 Å². The van der Waals surface area contributed by atoms with E-state index in [1.165, 1.54) is 0 Å². The summed E-state index contributed by atoms with van der Waals surface area (Å²) in [4.78, 5) is 11.9. The van der Waals surface area contributed by atoms with Crippen LogP contribution in [0.3, 0.4) is 0 Å². The average Bonchev–Trinajstić information content (AvgIpc) is 3.35. The van der Waals surface area contributed by atoms with Crippen molar-refractivity contribution >= 4 is 16.7 Å².